The van der Waals surface area contributed by atoms with Crippen molar-refractivity contribution in [1.82, 2.24) is 0 Å². The van der Waals surface area contributed by atoms with Crippen molar-refractivity contribution in [3.63, 3.8) is 0 Å². The van der Waals surface area contributed by atoms with E-state index < -0.39 is 6.10 Å². The van der Waals surface area contributed by atoms with Crippen molar-refractivity contribution in [3.05, 3.63) is 0 Å². The molecule has 1 unspecified atom stereocenters. The van der Waals surface area contributed by atoms with Crippen LogP contribution in [-0.2, 0) is 19.1 Å². The van der Waals surface area contributed by atoms with Crippen molar-refractivity contribution in [1.29, 1.82) is 0 Å². The fourth-order valence-electron chi connectivity index (χ4n) is 3.59. The number of esters is 2. The van der Waals surface area contributed by atoms with Gasteiger partial charge < -0.3 is 14.6 Å². The predicted molar refractivity (Wildman–Crippen MR) is 127 cm³/mol. The summed E-state index contributed by atoms with van der Waals surface area (Å²) in [6.45, 7) is 3.87. The molecule has 0 fully saturated rings. The zero-order valence-electron chi connectivity index (χ0n) is 20.5. The highest BCUT2D eigenvalue weighted by atomic mass is 16.6. The van der Waals surface area contributed by atoms with Gasteiger partial charge >= 0.3 is 11.9 Å². The zero-order valence-corrected chi connectivity index (χ0v) is 20.5. The lowest BCUT2D eigenvalue weighted by molar-refractivity contribution is -0.161. The van der Waals surface area contributed by atoms with Crippen LogP contribution in [0.4, 0.5) is 0 Å². The van der Waals surface area contributed by atoms with Crippen molar-refractivity contribution in [2.75, 3.05) is 13.2 Å². The van der Waals surface area contributed by atoms with Crippen LogP contribution in [0, 0.1) is 0 Å². The molecule has 0 bridgehead atoms. The summed E-state index contributed by atoms with van der Waals surface area (Å²) in [6.07, 6.45) is 21.0. The minimum absolute atomic E-state index is 0.0658. The summed E-state index contributed by atoms with van der Waals surface area (Å²) in [5, 5.41) is 9.30. The smallest absolute Gasteiger partial charge is 0.306 e. The highest BCUT2D eigenvalue weighted by Gasteiger charge is 2.15. The lowest BCUT2D eigenvalue weighted by Gasteiger charge is -2.15. The van der Waals surface area contributed by atoms with Crippen molar-refractivity contribution in [2.24, 2.45) is 0 Å². The minimum Gasteiger partial charge on any atom is -0.462 e. The second-order valence-corrected chi connectivity index (χ2v) is 8.78. The van der Waals surface area contributed by atoms with Crippen molar-refractivity contribution >= 4 is 11.9 Å². The van der Waals surface area contributed by atoms with Crippen LogP contribution >= 0.6 is 0 Å². The van der Waals surface area contributed by atoms with Gasteiger partial charge in [0, 0.05) is 12.8 Å². The number of hydrogen-bond acceptors (Lipinski definition) is 5. The molecule has 184 valence electrons. The largest absolute Gasteiger partial charge is 0.462 e. The van der Waals surface area contributed by atoms with Gasteiger partial charge in [0.15, 0.2) is 6.10 Å². The highest BCUT2D eigenvalue weighted by molar-refractivity contribution is 5.70. The van der Waals surface area contributed by atoms with E-state index in [0.717, 1.165) is 32.1 Å². The molecule has 0 spiro atoms. The Kier molecular flexibility index (Phi) is 22.7. The fourth-order valence-corrected chi connectivity index (χ4v) is 3.59. The first-order chi connectivity index (χ1) is 15.1. The van der Waals surface area contributed by atoms with Crippen LogP contribution < -0.4 is 0 Å². The Hall–Kier alpha value is -1.10. The number of carbonyl (C=O) groups is 2. The normalized spacial score (nSPS) is 12.0. The number of hydrogen-bond donors (Lipinski definition) is 1. The maximum atomic E-state index is 11.9. The molecule has 0 aromatic heterocycles. The van der Waals surface area contributed by atoms with E-state index in [-0.39, 0.29) is 25.2 Å². The zero-order chi connectivity index (χ0) is 23.0. The van der Waals surface area contributed by atoms with Crippen LogP contribution in [0.1, 0.15) is 136 Å². The third-order valence-corrected chi connectivity index (χ3v) is 5.65. The van der Waals surface area contributed by atoms with Gasteiger partial charge in [-0.15, -0.1) is 0 Å². The number of carbonyl (C=O) groups excluding carboxylic acids is 2. The molecule has 31 heavy (non-hydrogen) atoms. The van der Waals surface area contributed by atoms with Gasteiger partial charge in [-0.3, -0.25) is 9.59 Å². The Morgan fingerprint density at radius 1 is 0.613 bits per heavy atom. The van der Waals surface area contributed by atoms with Gasteiger partial charge in [-0.2, -0.15) is 0 Å². The quantitative estimate of drug-likeness (QED) is 0.138. The van der Waals surface area contributed by atoms with Gasteiger partial charge in [0.25, 0.3) is 0 Å². The minimum atomic E-state index is -0.755. The Balaban J connectivity index is 3.45. The number of ether oxygens (including phenoxy) is 2. The van der Waals surface area contributed by atoms with E-state index in [4.69, 9.17) is 9.47 Å². The molecule has 5 heteroatoms. The molecule has 0 aromatic carbocycles. The van der Waals surface area contributed by atoms with E-state index in [0.29, 0.717) is 12.8 Å². The Morgan fingerprint density at radius 2 is 1.03 bits per heavy atom. The average Bonchev–Trinajstić information content (AvgIpc) is 2.77. The third-order valence-electron chi connectivity index (χ3n) is 5.65. The molecule has 0 rings (SSSR count). The Bertz CT molecular complexity index is 411. The van der Waals surface area contributed by atoms with Crippen LogP contribution in [0.2, 0.25) is 0 Å². The second-order valence-electron chi connectivity index (χ2n) is 8.78. The van der Waals surface area contributed by atoms with Gasteiger partial charge in [-0.1, -0.05) is 110 Å². The van der Waals surface area contributed by atoms with Crippen LogP contribution in [0.3, 0.4) is 0 Å². The average molecular weight is 443 g/mol. The van der Waals surface area contributed by atoms with E-state index in [1.165, 1.54) is 77.0 Å². The van der Waals surface area contributed by atoms with Gasteiger partial charge in [0.1, 0.15) is 6.61 Å². The SMILES string of the molecule is CCCCCCCCCCCCCCCCCC(=O)OC(CO)COC(=O)CCCC. The molecule has 1 atom stereocenters. The molecule has 0 aliphatic rings. The monoisotopic (exact) mass is 442 g/mol. The summed E-state index contributed by atoms with van der Waals surface area (Å²) in [4.78, 5) is 23.4. The molecular weight excluding hydrogens is 392 g/mol. The van der Waals surface area contributed by atoms with E-state index >= 15 is 0 Å². The Labute approximate surface area is 191 Å². The molecule has 0 aliphatic heterocycles. The summed E-state index contributed by atoms with van der Waals surface area (Å²) in [5.41, 5.74) is 0. The van der Waals surface area contributed by atoms with Gasteiger partial charge in [-0.05, 0) is 12.8 Å². The van der Waals surface area contributed by atoms with Crippen molar-refractivity contribution < 1.29 is 24.2 Å². The molecule has 5 nitrogen and oxygen atoms in total. The second kappa shape index (κ2) is 23.6. The lowest BCUT2D eigenvalue weighted by Crippen LogP contribution is -2.28. The molecule has 0 radical (unpaired) electrons. The first-order valence-corrected chi connectivity index (χ1v) is 13.1. The summed E-state index contributed by atoms with van der Waals surface area (Å²) in [5.74, 6) is -0.628. The van der Waals surface area contributed by atoms with E-state index in [9.17, 15) is 14.7 Å². The molecular formula is C26H50O5. The summed E-state index contributed by atoms with van der Waals surface area (Å²) in [6, 6.07) is 0. The van der Waals surface area contributed by atoms with Crippen molar-refractivity contribution in [2.45, 2.75) is 142 Å². The summed E-state index contributed by atoms with van der Waals surface area (Å²) >= 11 is 0. The Morgan fingerprint density at radius 3 is 1.48 bits per heavy atom. The van der Waals surface area contributed by atoms with Crippen LogP contribution in [-0.4, -0.2) is 36.4 Å². The first-order valence-electron chi connectivity index (χ1n) is 13.1. The molecule has 0 amide bonds. The third kappa shape index (κ3) is 21.9. The highest BCUT2D eigenvalue weighted by Crippen LogP contribution is 2.14. The standard InChI is InChI=1S/C26H50O5/c1-3-5-7-8-9-10-11-12-13-14-15-16-17-18-19-21-26(29)31-24(22-27)23-30-25(28)20-6-4-2/h24,27H,3-23H2,1-2H3. The maximum absolute atomic E-state index is 11.9. The van der Waals surface area contributed by atoms with Crippen LogP contribution in [0.25, 0.3) is 0 Å². The van der Waals surface area contributed by atoms with Crippen molar-refractivity contribution in [3.8, 4) is 0 Å². The summed E-state index contributed by atoms with van der Waals surface area (Å²) < 4.78 is 10.3. The van der Waals surface area contributed by atoms with E-state index in [2.05, 4.69) is 6.92 Å². The lowest BCUT2D eigenvalue weighted by atomic mass is 10.0. The predicted octanol–water partition coefficient (Wildman–Crippen LogP) is 6.89. The fraction of sp³-hybridized carbons (Fsp3) is 0.923. The van der Waals surface area contributed by atoms with Gasteiger partial charge in [0.2, 0.25) is 0 Å². The molecule has 0 saturated carbocycles. The van der Waals surface area contributed by atoms with Crippen LogP contribution in [0.5, 0.6) is 0 Å². The number of unbranched alkanes of at least 4 members (excludes halogenated alkanes) is 15. The molecule has 0 aromatic rings. The topological polar surface area (TPSA) is 72.8 Å². The van der Waals surface area contributed by atoms with E-state index in [1.807, 2.05) is 6.92 Å². The van der Waals surface area contributed by atoms with Gasteiger partial charge in [-0.25, -0.2) is 0 Å². The molecule has 1 N–H and O–H groups in total. The number of aliphatic hydroxyl groups is 1. The molecule has 0 heterocycles. The van der Waals surface area contributed by atoms with Crippen LogP contribution in [0.15, 0.2) is 0 Å². The van der Waals surface area contributed by atoms with E-state index in [1.54, 1.807) is 0 Å². The number of rotatable bonds is 23. The molecule has 0 saturated heterocycles. The molecule has 0 aliphatic carbocycles. The maximum Gasteiger partial charge on any atom is 0.306 e. The summed E-state index contributed by atoms with van der Waals surface area (Å²) in [7, 11) is 0. The van der Waals surface area contributed by atoms with Gasteiger partial charge in [0.05, 0.1) is 6.61 Å². The number of aliphatic hydroxyl groups excluding tert-OH is 1. The first kappa shape index (κ1) is 29.9.